The molecule has 0 saturated carbocycles. The van der Waals surface area contributed by atoms with E-state index in [4.69, 9.17) is 21.1 Å². The Bertz CT molecular complexity index is 546. The topological polar surface area (TPSA) is 76.7 Å². The van der Waals surface area contributed by atoms with E-state index in [9.17, 15) is 9.59 Å². The summed E-state index contributed by atoms with van der Waals surface area (Å²) in [4.78, 5) is 22.6. The van der Waals surface area contributed by atoms with E-state index in [0.717, 1.165) is 0 Å². The van der Waals surface area contributed by atoms with Crippen LogP contribution in [0.15, 0.2) is 12.1 Å². The predicted octanol–water partition coefficient (Wildman–Crippen LogP) is 0.992. The Kier molecular flexibility index (Phi) is 2.52. The second-order valence-electron chi connectivity index (χ2n) is 3.92. The minimum atomic E-state index is -0.745. The van der Waals surface area contributed by atoms with Gasteiger partial charge in [0.15, 0.2) is 11.5 Å². The van der Waals surface area contributed by atoms with Crippen molar-refractivity contribution in [1.29, 1.82) is 0 Å². The Morgan fingerprint density at radius 2 is 2.00 bits per heavy atom. The fourth-order valence-corrected chi connectivity index (χ4v) is 2.22. The highest BCUT2D eigenvalue weighted by atomic mass is 35.5. The van der Waals surface area contributed by atoms with Gasteiger partial charge in [0, 0.05) is 0 Å². The molecular formula is C11H9ClN2O4. The number of carbonyl (C=O) groups is 2. The van der Waals surface area contributed by atoms with Crippen LogP contribution in [0.1, 0.15) is 11.6 Å². The highest BCUT2D eigenvalue weighted by molar-refractivity contribution is 6.32. The monoisotopic (exact) mass is 268 g/mol. The fourth-order valence-electron chi connectivity index (χ4n) is 1.95. The zero-order chi connectivity index (χ0) is 12.7. The van der Waals surface area contributed by atoms with E-state index in [2.05, 4.69) is 10.6 Å². The van der Waals surface area contributed by atoms with E-state index in [1.54, 1.807) is 12.1 Å². The molecule has 0 aliphatic carbocycles. The fraction of sp³-hybridized carbons (Fsp3) is 0.273. The lowest BCUT2D eigenvalue weighted by atomic mass is 10.1. The summed E-state index contributed by atoms with van der Waals surface area (Å²) in [6, 6.07) is 1.98. The first-order valence-electron chi connectivity index (χ1n) is 5.35. The van der Waals surface area contributed by atoms with Gasteiger partial charge in [0.1, 0.15) is 19.3 Å². The summed E-state index contributed by atoms with van der Waals surface area (Å²) in [5, 5.41) is 5.02. The summed E-state index contributed by atoms with van der Waals surface area (Å²) in [6.07, 6.45) is 0. The lowest BCUT2D eigenvalue weighted by Gasteiger charge is -2.21. The van der Waals surface area contributed by atoms with Gasteiger partial charge in [-0.25, -0.2) is 4.79 Å². The third-order valence-electron chi connectivity index (χ3n) is 2.73. The van der Waals surface area contributed by atoms with Crippen LogP contribution in [0.3, 0.4) is 0 Å². The first-order chi connectivity index (χ1) is 8.65. The van der Waals surface area contributed by atoms with Crippen molar-refractivity contribution in [3.8, 4) is 11.5 Å². The van der Waals surface area contributed by atoms with Gasteiger partial charge < -0.3 is 14.8 Å². The highest BCUT2D eigenvalue weighted by Gasteiger charge is 2.32. The van der Waals surface area contributed by atoms with E-state index >= 15 is 0 Å². The normalized spacial score (nSPS) is 21.5. The standard InChI is InChI=1S/C11H9ClN2O4/c12-6-3-5(8-10(15)14-11(16)13-8)4-7-9(6)18-2-1-17-7/h3-4,8H,1-2H2,(H2,13,14,15,16). The zero-order valence-corrected chi connectivity index (χ0v) is 9.91. The van der Waals surface area contributed by atoms with Crippen molar-refractivity contribution < 1.29 is 19.1 Å². The molecule has 0 aromatic heterocycles. The van der Waals surface area contributed by atoms with E-state index in [0.29, 0.717) is 35.3 Å². The number of hydrogen-bond donors (Lipinski definition) is 2. The van der Waals surface area contributed by atoms with Gasteiger partial charge >= 0.3 is 6.03 Å². The van der Waals surface area contributed by atoms with Crippen molar-refractivity contribution in [3.63, 3.8) is 0 Å². The smallest absolute Gasteiger partial charge is 0.322 e. The molecule has 3 rings (SSSR count). The second-order valence-corrected chi connectivity index (χ2v) is 4.33. The first-order valence-corrected chi connectivity index (χ1v) is 5.73. The summed E-state index contributed by atoms with van der Waals surface area (Å²) >= 11 is 6.06. The summed E-state index contributed by atoms with van der Waals surface area (Å²) in [6.45, 7) is 0.864. The molecule has 3 amide bonds. The number of carbonyl (C=O) groups excluding carboxylic acids is 2. The Morgan fingerprint density at radius 3 is 2.72 bits per heavy atom. The van der Waals surface area contributed by atoms with Gasteiger partial charge in [-0.2, -0.15) is 0 Å². The molecular weight excluding hydrogens is 260 g/mol. The van der Waals surface area contributed by atoms with E-state index in [1.165, 1.54) is 0 Å². The number of imide groups is 1. The summed E-state index contributed by atoms with van der Waals surface area (Å²) in [5.74, 6) is 0.543. The molecule has 1 unspecified atom stereocenters. The Hall–Kier alpha value is -1.95. The number of urea groups is 1. The van der Waals surface area contributed by atoms with Crippen LogP contribution in [0, 0.1) is 0 Å². The molecule has 2 heterocycles. The van der Waals surface area contributed by atoms with Gasteiger partial charge in [-0.05, 0) is 17.7 Å². The average Bonchev–Trinajstić information content (AvgIpc) is 2.68. The van der Waals surface area contributed by atoms with Crippen molar-refractivity contribution in [2.24, 2.45) is 0 Å². The molecule has 94 valence electrons. The Balaban J connectivity index is 2.01. The van der Waals surface area contributed by atoms with Crippen molar-refractivity contribution in [2.45, 2.75) is 6.04 Å². The molecule has 1 saturated heterocycles. The van der Waals surface area contributed by atoms with Gasteiger partial charge in [0.25, 0.3) is 5.91 Å². The van der Waals surface area contributed by atoms with Crippen molar-refractivity contribution in [1.82, 2.24) is 10.6 Å². The number of amides is 3. The molecule has 1 aromatic carbocycles. The molecule has 1 fully saturated rings. The molecule has 0 bridgehead atoms. The third-order valence-corrected chi connectivity index (χ3v) is 3.01. The lowest BCUT2D eigenvalue weighted by Crippen LogP contribution is -2.22. The molecule has 2 N–H and O–H groups in total. The molecule has 2 aliphatic heterocycles. The predicted molar refractivity (Wildman–Crippen MR) is 61.9 cm³/mol. The van der Waals surface area contributed by atoms with Crippen molar-refractivity contribution in [2.75, 3.05) is 13.2 Å². The van der Waals surface area contributed by atoms with Crippen LogP contribution in [-0.4, -0.2) is 25.2 Å². The third kappa shape index (κ3) is 1.74. The molecule has 7 heteroatoms. The summed E-state index contributed by atoms with van der Waals surface area (Å²) in [5.41, 5.74) is 0.563. The van der Waals surface area contributed by atoms with Gasteiger partial charge in [0.05, 0.1) is 5.02 Å². The molecule has 2 aliphatic rings. The summed E-state index contributed by atoms with van der Waals surface area (Å²) < 4.78 is 10.8. The maximum Gasteiger partial charge on any atom is 0.322 e. The number of hydrogen-bond acceptors (Lipinski definition) is 4. The van der Waals surface area contributed by atoms with Crippen LogP contribution >= 0.6 is 11.6 Å². The molecule has 0 spiro atoms. The van der Waals surface area contributed by atoms with E-state index < -0.39 is 18.0 Å². The average molecular weight is 269 g/mol. The van der Waals surface area contributed by atoms with Gasteiger partial charge in [-0.3, -0.25) is 10.1 Å². The maximum atomic E-state index is 11.6. The van der Waals surface area contributed by atoms with Crippen LogP contribution in [0.25, 0.3) is 0 Å². The first kappa shape index (κ1) is 11.2. The van der Waals surface area contributed by atoms with Gasteiger partial charge in [0.2, 0.25) is 0 Å². The maximum absolute atomic E-state index is 11.6. The molecule has 1 aromatic rings. The van der Waals surface area contributed by atoms with Gasteiger partial charge in [-0.15, -0.1) is 0 Å². The van der Waals surface area contributed by atoms with Crippen LogP contribution in [0.5, 0.6) is 11.5 Å². The number of halogens is 1. The lowest BCUT2D eigenvalue weighted by molar-refractivity contribution is -0.120. The van der Waals surface area contributed by atoms with Crippen molar-refractivity contribution >= 4 is 23.5 Å². The zero-order valence-electron chi connectivity index (χ0n) is 9.16. The number of benzene rings is 1. The van der Waals surface area contributed by atoms with Crippen molar-refractivity contribution in [3.05, 3.63) is 22.7 Å². The second kappa shape index (κ2) is 4.06. The minimum Gasteiger partial charge on any atom is -0.486 e. The summed E-state index contributed by atoms with van der Waals surface area (Å²) in [7, 11) is 0. The van der Waals surface area contributed by atoms with E-state index in [-0.39, 0.29) is 0 Å². The molecule has 1 atom stereocenters. The number of fused-ring (bicyclic) bond motifs is 1. The molecule has 0 radical (unpaired) electrons. The van der Waals surface area contributed by atoms with Crippen LogP contribution in [0.4, 0.5) is 4.79 Å². The van der Waals surface area contributed by atoms with Gasteiger partial charge in [-0.1, -0.05) is 11.6 Å². The Labute approximate surface area is 107 Å². The Morgan fingerprint density at radius 1 is 1.22 bits per heavy atom. The van der Waals surface area contributed by atoms with Crippen LogP contribution in [-0.2, 0) is 4.79 Å². The largest absolute Gasteiger partial charge is 0.486 e. The van der Waals surface area contributed by atoms with Crippen LogP contribution in [0.2, 0.25) is 5.02 Å². The van der Waals surface area contributed by atoms with Crippen LogP contribution < -0.4 is 20.1 Å². The van der Waals surface area contributed by atoms with E-state index in [1.807, 2.05) is 0 Å². The minimum absolute atomic E-state index is 0.358. The number of rotatable bonds is 1. The quantitative estimate of drug-likeness (QED) is 0.745. The molecule has 18 heavy (non-hydrogen) atoms. The molecule has 6 nitrogen and oxygen atoms in total. The number of ether oxygens (including phenoxy) is 2. The SMILES string of the molecule is O=C1NC(=O)C(c2cc(Cl)c3c(c2)OCCO3)N1. The highest BCUT2D eigenvalue weighted by Crippen LogP contribution is 2.39. The number of nitrogens with one attached hydrogen (secondary N) is 2.